The van der Waals surface area contributed by atoms with E-state index in [2.05, 4.69) is 0 Å². The molecule has 0 amide bonds. The van der Waals surface area contributed by atoms with E-state index < -0.39 is 0 Å². The van der Waals surface area contributed by atoms with E-state index >= 15 is 0 Å². The molecule has 0 fully saturated rings. The number of aromatic hydroxyl groups is 1. The van der Waals surface area contributed by atoms with Crippen molar-refractivity contribution in [1.82, 2.24) is 9.47 Å². The molecule has 0 aliphatic carbocycles. The highest BCUT2D eigenvalue weighted by Crippen LogP contribution is 2.08. The average Bonchev–Trinajstić information content (AvgIpc) is 2.40. The molecule has 0 atom stereocenters. The number of pyridine rings is 1. The van der Waals surface area contributed by atoms with Crippen LogP contribution in [0.4, 0.5) is 0 Å². The van der Waals surface area contributed by atoms with Gasteiger partial charge in [-0.1, -0.05) is 6.92 Å². The van der Waals surface area contributed by atoms with Crippen LogP contribution in [0.3, 0.4) is 0 Å². The van der Waals surface area contributed by atoms with E-state index in [9.17, 15) is 9.90 Å². The number of aliphatic hydroxyl groups is 1. The molecule has 19 heavy (non-hydrogen) atoms. The second-order valence-corrected chi connectivity index (χ2v) is 4.29. The molecule has 2 N–H and O–H groups in total. The normalized spacial score (nSPS) is 11.2. The molecule has 108 valence electrons. The Kier molecular flexibility index (Phi) is 6.55. The zero-order valence-corrected chi connectivity index (χ0v) is 11.5. The molecule has 0 aliphatic rings. The summed E-state index contributed by atoms with van der Waals surface area (Å²) in [6, 6.07) is 1.44. The number of hydrogen-bond donors (Lipinski definition) is 2. The summed E-state index contributed by atoms with van der Waals surface area (Å²) < 4.78 is 6.82. The van der Waals surface area contributed by atoms with Crippen LogP contribution in [-0.4, -0.2) is 53.1 Å². The van der Waals surface area contributed by atoms with Crippen molar-refractivity contribution in [3.8, 4) is 5.75 Å². The highest BCUT2D eigenvalue weighted by Gasteiger charge is 2.09. The van der Waals surface area contributed by atoms with Gasteiger partial charge in [0, 0.05) is 38.5 Å². The van der Waals surface area contributed by atoms with Gasteiger partial charge < -0.3 is 19.5 Å². The molecular weight excluding hydrogens is 248 g/mol. The fourth-order valence-electron chi connectivity index (χ4n) is 1.86. The zero-order valence-electron chi connectivity index (χ0n) is 11.5. The molecule has 6 nitrogen and oxygen atoms in total. The molecule has 0 saturated heterocycles. The number of rotatable bonds is 8. The molecule has 0 aromatic carbocycles. The summed E-state index contributed by atoms with van der Waals surface area (Å²) in [5.41, 5.74) is 0.416. The highest BCUT2D eigenvalue weighted by molar-refractivity contribution is 5.20. The van der Waals surface area contributed by atoms with Crippen LogP contribution in [0.2, 0.25) is 0 Å². The Morgan fingerprint density at radius 2 is 2.21 bits per heavy atom. The maximum absolute atomic E-state index is 11.5. The molecule has 1 aromatic rings. The van der Waals surface area contributed by atoms with Gasteiger partial charge in [0.25, 0.3) is 0 Å². The van der Waals surface area contributed by atoms with E-state index in [-0.39, 0.29) is 17.8 Å². The van der Waals surface area contributed by atoms with Crippen LogP contribution in [0.5, 0.6) is 5.75 Å². The van der Waals surface area contributed by atoms with Crippen LogP contribution >= 0.6 is 0 Å². The first-order chi connectivity index (χ1) is 9.12. The third-order valence-corrected chi connectivity index (χ3v) is 2.98. The van der Waals surface area contributed by atoms with Gasteiger partial charge in [-0.25, -0.2) is 0 Å². The maximum atomic E-state index is 11.5. The van der Waals surface area contributed by atoms with Crippen molar-refractivity contribution in [1.29, 1.82) is 0 Å². The second kappa shape index (κ2) is 7.93. The predicted octanol–water partition coefficient (Wildman–Crippen LogP) is 0.0145. The standard InChI is InChI=1S/C13H22N2O4/c1-3-14(4-6-16)9-11-8-12(17)13(18)10-15(11)5-7-19-2/h8,10,16,18H,3-7,9H2,1-2H3. The Labute approximate surface area is 112 Å². The van der Waals surface area contributed by atoms with Gasteiger partial charge in [0.2, 0.25) is 5.43 Å². The molecule has 0 saturated carbocycles. The van der Waals surface area contributed by atoms with E-state index in [1.54, 1.807) is 11.7 Å². The van der Waals surface area contributed by atoms with Crippen molar-refractivity contribution in [3.63, 3.8) is 0 Å². The largest absolute Gasteiger partial charge is 0.503 e. The molecule has 0 bridgehead atoms. The smallest absolute Gasteiger partial charge is 0.223 e. The summed E-state index contributed by atoms with van der Waals surface area (Å²) in [5, 5.41) is 18.5. The fourth-order valence-corrected chi connectivity index (χ4v) is 1.86. The van der Waals surface area contributed by atoms with Crippen molar-refractivity contribution in [3.05, 3.63) is 28.2 Å². The SMILES string of the molecule is CCN(CCO)Cc1cc(=O)c(O)cn1CCOC. The van der Waals surface area contributed by atoms with Crippen LogP contribution < -0.4 is 5.43 Å². The molecule has 0 aliphatic heterocycles. The van der Waals surface area contributed by atoms with Gasteiger partial charge in [-0.2, -0.15) is 0 Å². The van der Waals surface area contributed by atoms with Gasteiger partial charge in [-0.05, 0) is 6.54 Å². The summed E-state index contributed by atoms with van der Waals surface area (Å²) in [7, 11) is 1.60. The summed E-state index contributed by atoms with van der Waals surface area (Å²) in [6.07, 6.45) is 1.43. The molecule has 6 heteroatoms. The minimum Gasteiger partial charge on any atom is -0.503 e. The van der Waals surface area contributed by atoms with E-state index in [4.69, 9.17) is 9.84 Å². The van der Waals surface area contributed by atoms with Gasteiger partial charge in [-0.15, -0.1) is 0 Å². The van der Waals surface area contributed by atoms with Crippen LogP contribution in [0.1, 0.15) is 12.6 Å². The van der Waals surface area contributed by atoms with Gasteiger partial charge in [0.05, 0.1) is 19.4 Å². The van der Waals surface area contributed by atoms with Crippen molar-refractivity contribution in [2.75, 3.05) is 33.4 Å². The van der Waals surface area contributed by atoms with Crippen LogP contribution in [0, 0.1) is 0 Å². The second-order valence-electron chi connectivity index (χ2n) is 4.29. The number of aliphatic hydroxyl groups excluding tert-OH is 1. The van der Waals surface area contributed by atoms with Gasteiger partial charge in [-0.3, -0.25) is 9.69 Å². The number of ether oxygens (including phenoxy) is 1. The number of methoxy groups -OCH3 is 1. The summed E-state index contributed by atoms with van der Waals surface area (Å²) in [6.45, 7) is 5.02. The van der Waals surface area contributed by atoms with Crippen LogP contribution in [0.15, 0.2) is 17.1 Å². The lowest BCUT2D eigenvalue weighted by atomic mass is 10.3. The first-order valence-corrected chi connectivity index (χ1v) is 6.36. The summed E-state index contributed by atoms with van der Waals surface area (Å²) in [4.78, 5) is 13.6. The number of likely N-dealkylation sites (N-methyl/N-ethyl adjacent to an activating group) is 1. The quantitative estimate of drug-likeness (QED) is 0.696. The predicted molar refractivity (Wildman–Crippen MR) is 72.3 cm³/mol. The van der Waals surface area contributed by atoms with Crippen molar-refractivity contribution < 1.29 is 14.9 Å². The van der Waals surface area contributed by atoms with Crippen LogP contribution in [0.25, 0.3) is 0 Å². The highest BCUT2D eigenvalue weighted by atomic mass is 16.5. The lowest BCUT2D eigenvalue weighted by Crippen LogP contribution is -2.29. The summed E-state index contributed by atoms with van der Waals surface area (Å²) in [5.74, 6) is -0.259. The van der Waals surface area contributed by atoms with Gasteiger partial charge in [0.1, 0.15) is 0 Å². The third-order valence-electron chi connectivity index (χ3n) is 2.98. The fraction of sp³-hybridized carbons (Fsp3) is 0.615. The Hall–Kier alpha value is -1.37. The van der Waals surface area contributed by atoms with Crippen molar-refractivity contribution in [2.24, 2.45) is 0 Å². The van der Waals surface area contributed by atoms with Crippen LogP contribution in [-0.2, 0) is 17.8 Å². The van der Waals surface area contributed by atoms with Gasteiger partial charge in [0.15, 0.2) is 5.75 Å². The number of nitrogens with zero attached hydrogens (tertiary/aromatic N) is 2. The molecule has 1 heterocycles. The van der Waals surface area contributed by atoms with E-state index in [1.807, 2.05) is 11.8 Å². The Morgan fingerprint density at radius 3 is 2.79 bits per heavy atom. The molecule has 1 rings (SSSR count). The number of aromatic nitrogens is 1. The maximum Gasteiger partial charge on any atom is 0.223 e. The Balaban J connectivity index is 2.95. The third kappa shape index (κ3) is 4.66. The Bertz CT molecular complexity index is 445. The zero-order chi connectivity index (χ0) is 14.3. The average molecular weight is 270 g/mol. The molecule has 0 radical (unpaired) electrons. The molecule has 0 spiro atoms. The van der Waals surface area contributed by atoms with Crippen molar-refractivity contribution >= 4 is 0 Å². The molecule has 0 unspecified atom stereocenters. The van der Waals surface area contributed by atoms with E-state index in [0.717, 1.165) is 12.2 Å². The molecule has 1 aromatic heterocycles. The monoisotopic (exact) mass is 270 g/mol. The first-order valence-electron chi connectivity index (χ1n) is 6.36. The Morgan fingerprint density at radius 1 is 1.47 bits per heavy atom. The minimum absolute atomic E-state index is 0.0776. The van der Waals surface area contributed by atoms with Gasteiger partial charge >= 0.3 is 0 Å². The summed E-state index contributed by atoms with van der Waals surface area (Å²) >= 11 is 0. The van der Waals surface area contributed by atoms with E-state index in [0.29, 0.717) is 26.2 Å². The first kappa shape index (κ1) is 15.7. The van der Waals surface area contributed by atoms with Crippen molar-refractivity contribution in [2.45, 2.75) is 20.0 Å². The van der Waals surface area contributed by atoms with E-state index in [1.165, 1.54) is 12.3 Å². The lowest BCUT2D eigenvalue weighted by molar-refractivity contribution is 0.177. The topological polar surface area (TPSA) is 74.9 Å². The minimum atomic E-state index is -0.385. The number of hydrogen-bond acceptors (Lipinski definition) is 5. The molecular formula is C13H22N2O4. The lowest BCUT2D eigenvalue weighted by Gasteiger charge is -2.22.